The van der Waals surface area contributed by atoms with Crippen molar-refractivity contribution in [3.63, 3.8) is 0 Å². The minimum absolute atomic E-state index is 0.0126. The Balaban J connectivity index is 1.69. The fourth-order valence-corrected chi connectivity index (χ4v) is 4.12. The van der Waals surface area contributed by atoms with Crippen LogP contribution in [0.3, 0.4) is 0 Å². The highest BCUT2D eigenvalue weighted by molar-refractivity contribution is 7.99. The lowest BCUT2D eigenvalue weighted by atomic mass is 10.1. The summed E-state index contributed by atoms with van der Waals surface area (Å²) < 4.78 is 17.4. The third-order valence-electron chi connectivity index (χ3n) is 5.54. The Bertz CT molecular complexity index is 1290. The summed E-state index contributed by atoms with van der Waals surface area (Å²) in [6.45, 7) is 5.91. The van der Waals surface area contributed by atoms with E-state index in [0.29, 0.717) is 11.0 Å². The van der Waals surface area contributed by atoms with Crippen LogP contribution >= 0.6 is 11.8 Å². The average Bonchev–Trinajstić information content (AvgIpc) is 3.24. The van der Waals surface area contributed by atoms with Crippen LogP contribution in [0.2, 0.25) is 0 Å². The first-order valence-corrected chi connectivity index (χ1v) is 12.0. The number of esters is 2. The van der Waals surface area contributed by atoms with Crippen LogP contribution in [0.15, 0.2) is 41.6 Å². The zero-order chi connectivity index (χ0) is 26.4. The zero-order valence-corrected chi connectivity index (χ0v) is 21.8. The number of hydrogen-bond acceptors (Lipinski definition) is 9. The number of nitrogens with one attached hydrogen (secondary N) is 1. The first kappa shape index (κ1) is 26.7. The molecule has 190 valence electrons. The third-order valence-corrected chi connectivity index (χ3v) is 6.56. The molecule has 2 aromatic carbocycles. The monoisotopic (exact) mass is 512 g/mol. The summed E-state index contributed by atoms with van der Waals surface area (Å²) in [6.07, 6.45) is -0.366. The van der Waals surface area contributed by atoms with Crippen molar-refractivity contribution in [1.29, 1.82) is 0 Å². The van der Waals surface area contributed by atoms with Gasteiger partial charge in [0.05, 0.1) is 36.8 Å². The molecule has 0 aliphatic carbocycles. The third kappa shape index (κ3) is 6.03. The second-order valence-corrected chi connectivity index (χ2v) is 8.88. The summed E-state index contributed by atoms with van der Waals surface area (Å²) in [7, 11) is 4.27. The Kier molecular flexibility index (Phi) is 8.70. The fourth-order valence-electron chi connectivity index (χ4n) is 3.40. The molecule has 0 radical (unpaired) electrons. The average molecular weight is 513 g/mol. The second kappa shape index (κ2) is 11.7. The molecule has 0 aliphatic rings. The molecule has 0 bridgehead atoms. The molecule has 36 heavy (non-hydrogen) atoms. The van der Waals surface area contributed by atoms with Crippen molar-refractivity contribution in [2.24, 2.45) is 7.05 Å². The number of methoxy groups -OCH3 is 2. The number of aromatic nitrogens is 3. The number of nitrogens with zero attached hydrogens (tertiary/aromatic N) is 3. The molecule has 1 N–H and O–H groups in total. The fraction of sp³-hybridized carbons (Fsp3) is 0.320. The lowest BCUT2D eigenvalue weighted by Gasteiger charge is -2.17. The van der Waals surface area contributed by atoms with E-state index in [-0.39, 0.29) is 28.7 Å². The molecule has 3 aromatic rings. The summed E-state index contributed by atoms with van der Waals surface area (Å²) in [6, 6.07) is 10.1. The smallest absolute Gasteiger partial charge is 0.339 e. The quantitative estimate of drug-likeness (QED) is 0.336. The molecule has 10 nitrogen and oxygen atoms in total. The number of carbonyl (C=O) groups is 3. The molecule has 1 unspecified atom stereocenters. The largest absolute Gasteiger partial charge is 0.482 e. The molecule has 1 amide bonds. The molecular formula is C25H28N4O6S. The van der Waals surface area contributed by atoms with Crippen LogP contribution in [-0.2, 0) is 21.3 Å². The van der Waals surface area contributed by atoms with E-state index < -0.39 is 17.8 Å². The second-order valence-electron chi connectivity index (χ2n) is 7.94. The number of anilines is 1. The molecule has 0 saturated carbocycles. The van der Waals surface area contributed by atoms with E-state index in [1.807, 2.05) is 39.0 Å². The molecule has 1 aromatic heterocycles. The van der Waals surface area contributed by atoms with Gasteiger partial charge in [-0.2, -0.15) is 0 Å². The lowest BCUT2D eigenvalue weighted by Crippen LogP contribution is -2.18. The molecule has 1 heterocycles. The summed E-state index contributed by atoms with van der Waals surface area (Å²) in [5.74, 6) is -0.282. The molecule has 1 atom stereocenters. The van der Waals surface area contributed by atoms with Gasteiger partial charge in [0.1, 0.15) is 5.75 Å². The van der Waals surface area contributed by atoms with Gasteiger partial charge in [0.2, 0.25) is 5.91 Å². The van der Waals surface area contributed by atoms with Gasteiger partial charge in [-0.3, -0.25) is 4.79 Å². The van der Waals surface area contributed by atoms with E-state index in [9.17, 15) is 14.4 Å². The van der Waals surface area contributed by atoms with Gasteiger partial charge in [-0.05, 0) is 56.2 Å². The van der Waals surface area contributed by atoms with Gasteiger partial charge in [0, 0.05) is 7.05 Å². The van der Waals surface area contributed by atoms with Crippen LogP contribution in [0, 0.1) is 13.8 Å². The van der Waals surface area contributed by atoms with Crippen molar-refractivity contribution in [2.75, 3.05) is 25.3 Å². The summed E-state index contributed by atoms with van der Waals surface area (Å²) in [5.41, 5.74) is 2.63. The summed E-state index contributed by atoms with van der Waals surface area (Å²) >= 11 is 1.17. The van der Waals surface area contributed by atoms with Crippen LogP contribution in [0.1, 0.15) is 50.7 Å². The topological polar surface area (TPSA) is 122 Å². The molecule has 0 spiro atoms. The number of rotatable bonds is 9. The number of carbonyl (C=O) groups excluding carboxylic acids is 3. The van der Waals surface area contributed by atoms with E-state index >= 15 is 0 Å². The highest BCUT2D eigenvalue weighted by Gasteiger charge is 2.20. The van der Waals surface area contributed by atoms with Crippen molar-refractivity contribution in [1.82, 2.24) is 14.8 Å². The van der Waals surface area contributed by atoms with Crippen LogP contribution in [0.5, 0.6) is 5.75 Å². The van der Waals surface area contributed by atoms with Crippen molar-refractivity contribution in [2.45, 2.75) is 32.0 Å². The Morgan fingerprint density at radius 3 is 2.47 bits per heavy atom. The van der Waals surface area contributed by atoms with Gasteiger partial charge in [0.25, 0.3) is 0 Å². The van der Waals surface area contributed by atoms with E-state index in [0.717, 1.165) is 16.9 Å². The van der Waals surface area contributed by atoms with Gasteiger partial charge in [-0.25, -0.2) is 9.59 Å². The molecule has 0 saturated heterocycles. The van der Waals surface area contributed by atoms with Crippen LogP contribution in [0.25, 0.3) is 0 Å². The Labute approximate surface area is 213 Å². The lowest BCUT2D eigenvalue weighted by molar-refractivity contribution is -0.113. The molecule has 11 heteroatoms. The molecular weight excluding hydrogens is 484 g/mol. The van der Waals surface area contributed by atoms with E-state index in [1.54, 1.807) is 11.6 Å². The van der Waals surface area contributed by atoms with Crippen molar-refractivity contribution < 1.29 is 28.6 Å². The van der Waals surface area contributed by atoms with Gasteiger partial charge >= 0.3 is 11.9 Å². The van der Waals surface area contributed by atoms with E-state index in [4.69, 9.17) is 14.2 Å². The normalized spacial score (nSPS) is 11.5. The van der Waals surface area contributed by atoms with Gasteiger partial charge in [-0.15, -0.1) is 10.2 Å². The number of aryl methyl sites for hydroxylation is 1. The van der Waals surface area contributed by atoms with Gasteiger partial charge in [-0.1, -0.05) is 23.9 Å². The predicted molar refractivity (Wildman–Crippen MR) is 134 cm³/mol. The minimum atomic E-state index is -0.648. The maximum atomic E-state index is 12.7. The number of ether oxygens (including phenoxy) is 3. The molecule has 0 fully saturated rings. The Morgan fingerprint density at radius 1 is 1.06 bits per heavy atom. The Morgan fingerprint density at radius 2 is 1.78 bits per heavy atom. The number of thioether (sulfide) groups is 1. The Hall–Kier alpha value is -3.86. The highest BCUT2D eigenvalue weighted by atomic mass is 32.2. The van der Waals surface area contributed by atoms with Crippen molar-refractivity contribution in [3.05, 3.63) is 64.5 Å². The van der Waals surface area contributed by atoms with E-state index in [1.165, 1.54) is 44.2 Å². The number of benzene rings is 2. The SMILES string of the molecule is COC(=O)c1ccc(C(=O)OC)c(NC(=O)CSc2nnc(C(C)Oc3cccc(C)c3C)n2C)c1. The van der Waals surface area contributed by atoms with E-state index in [2.05, 4.69) is 15.5 Å². The first-order chi connectivity index (χ1) is 17.2. The van der Waals surface area contributed by atoms with Crippen molar-refractivity contribution >= 4 is 35.3 Å². The van der Waals surface area contributed by atoms with Gasteiger partial charge in [0.15, 0.2) is 17.1 Å². The molecule has 3 rings (SSSR count). The number of amides is 1. The highest BCUT2D eigenvalue weighted by Crippen LogP contribution is 2.27. The molecule has 0 aliphatic heterocycles. The van der Waals surface area contributed by atoms with Gasteiger partial charge < -0.3 is 24.1 Å². The summed E-state index contributed by atoms with van der Waals surface area (Å²) in [5, 5.41) is 11.6. The number of hydrogen-bond donors (Lipinski definition) is 1. The first-order valence-electron chi connectivity index (χ1n) is 11.0. The van der Waals surface area contributed by atoms with Crippen LogP contribution < -0.4 is 10.1 Å². The van der Waals surface area contributed by atoms with Crippen LogP contribution in [-0.4, -0.2) is 52.6 Å². The standard InChI is InChI=1S/C25H28N4O6S/c1-14-8-7-9-20(15(14)2)35-16(3)22-27-28-25(29(22)4)36-13-21(30)26-19-12-17(23(31)33-5)10-11-18(19)24(32)34-6/h7-12,16H,13H2,1-6H3,(H,26,30). The summed E-state index contributed by atoms with van der Waals surface area (Å²) in [4.78, 5) is 36.7. The van der Waals surface area contributed by atoms with Crippen molar-refractivity contribution in [3.8, 4) is 5.75 Å². The maximum Gasteiger partial charge on any atom is 0.339 e. The predicted octanol–water partition coefficient (Wildman–Crippen LogP) is 3.88. The maximum absolute atomic E-state index is 12.7. The van der Waals surface area contributed by atoms with Crippen LogP contribution in [0.4, 0.5) is 5.69 Å². The minimum Gasteiger partial charge on any atom is -0.482 e. The zero-order valence-electron chi connectivity index (χ0n) is 20.9.